The molecule has 154 valence electrons. The molecule has 0 atom stereocenters. The van der Waals surface area contributed by atoms with Gasteiger partial charge in [-0.2, -0.15) is 13.2 Å². The summed E-state index contributed by atoms with van der Waals surface area (Å²) in [5.74, 6) is -1.18. The number of aromatic nitrogens is 3. The van der Waals surface area contributed by atoms with Crippen LogP contribution in [0.5, 0.6) is 0 Å². The Morgan fingerprint density at radius 2 is 1.71 bits per heavy atom. The van der Waals surface area contributed by atoms with Crippen molar-refractivity contribution in [3.8, 4) is 16.8 Å². The first kappa shape index (κ1) is 18.9. The summed E-state index contributed by atoms with van der Waals surface area (Å²) in [6, 6.07) is 14.8. The SMILES string of the molecule is Nc1ncc(-c2ccc3ncc4oc(=O)n(-c5ccccc5)c4c3c2)cc1C(F)(F)F. The van der Waals surface area contributed by atoms with E-state index in [2.05, 4.69) is 9.97 Å². The second-order valence-electron chi connectivity index (χ2n) is 6.90. The standard InChI is InChI=1S/C22H13F3N4O2/c23-22(24,25)16-9-13(10-28-20(16)26)12-6-7-17-15(8-12)19-18(11-27-17)31-21(30)29(19)14-4-2-1-3-5-14/h1-11H,(H2,26,28). The van der Waals surface area contributed by atoms with Crippen LogP contribution in [0.1, 0.15) is 5.56 Å². The van der Waals surface area contributed by atoms with Gasteiger partial charge in [0, 0.05) is 17.1 Å². The number of hydrogen-bond acceptors (Lipinski definition) is 5. The maximum Gasteiger partial charge on any atom is 0.424 e. The van der Waals surface area contributed by atoms with E-state index in [-0.39, 0.29) is 11.1 Å². The second-order valence-corrected chi connectivity index (χ2v) is 6.90. The van der Waals surface area contributed by atoms with Crippen molar-refractivity contribution in [3.63, 3.8) is 0 Å². The van der Waals surface area contributed by atoms with Gasteiger partial charge in [0.25, 0.3) is 0 Å². The molecule has 5 aromatic rings. The number of para-hydroxylation sites is 1. The maximum absolute atomic E-state index is 13.3. The molecule has 0 aliphatic heterocycles. The van der Waals surface area contributed by atoms with Gasteiger partial charge >= 0.3 is 11.9 Å². The number of alkyl halides is 3. The Hall–Kier alpha value is -4.14. The minimum atomic E-state index is -4.63. The van der Waals surface area contributed by atoms with E-state index in [1.54, 1.807) is 42.5 Å². The third-order valence-electron chi connectivity index (χ3n) is 4.98. The summed E-state index contributed by atoms with van der Waals surface area (Å²) in [6.07, 6.45) is -1.90. The van der Waals surface area contributed by atoms with Gasteiger partial charge < -0.3 is 10.2 Å². The van der Waals surface area contributed by atoms with E-state index in [9.17, 15) is 18.0 Å². The Balaban J connectivity index is 1.79. The van der Waals surface area contributed by atoms with E-state index in [0.717, 1.165) is 6.07 Å². The summed E-state index contributed by atoms with van der Waals surface area (Å²) in [5.41, 5.74) is 7.00. The normalized spacial score (nSPS) is 12.0. The third kappa shape index (κ3) is 3.10. The van der Waals surface area contributed by atoms with Gasteiger partial charge in [0.15, 0.2) is 5.58 Å². The Morgan fingerprint density at radius 3 is 2.45 bits per heavy atom. The number of oxazole rings is 1. The van der Waals surface area contributed by atoms with Crippen molar-refractivity contribution in [3.05, 3.63) is 83.1 Å². The number of fused-ring (bicyclic) bond motifs is 3. The van der Waals surface area contributed by atoms with Crippen molar-refractivity contribution in [2.45, 2.75) is 6.18 Å². The zero-order valence-corrected chi connectivity index (χ0v) is 15.7. The number of halogens is 3. The van der Waals surface area contributed by atoms with E-state index >= 15 is 0 Å². The molecule has 5 rings (SSSR count). The van der Waals surface area contributed by atoms with E-state index in [4.69, 9.17) is 10.2 Å². The first-order valence-corrected chi connectivity index (χ1v) is 9.16. The van der Waals surface area contributed by atoms with E-state index < -0.39 is 23.3 Å². The fraction of sp³-hybridized carbons (Fsp3) is 0.0455. The fourth-order valence-electron chi connectivity index (χ4n) is 3.55. The highest BCUT2D eigenvalue weighted by Crippen LogP contribution is 2.36. The van der Waals surface area contributed by atoms with Gasteiger partial charge in [0.2, 0.25) is 0 Å². The van der Waals surface area contributed by atoms with E-state index in [0.29, 0.717) is 27.7 Å². The molecule has 9 heteroatoms. The smallest absolute Gasteiger partial charge is 0.406 e. The van der Waals surface area contributed by atoms with Crippen LogP contribution in [0, 0.1) is 0 Å². The quantitative estimate of drug-likeness (QED) is 0.442. The number of nitrogens with zero attached hydrogens (tertiary/aromatic N) is 3. The van der Waals surface area contributed by atoms with Crippen LogP contribution in [-0.4, -0.2) is 14.5 Å². The molecule has 0 aliphatic rings. The van der Waals surface area contributed by atoms with Gasteiger partial charge in [-0.1, -0.05) is 24.3 Å². The highest BCUT2D eigenvalue weighted by atomic mass is 19.4. The summed E-state index contributed by atoms with van der Waals surface area (Å²) in [5, 5.41) is 0.551. The second kappa shape index (κ2) is 6.69. The molecule has 0 bridgehead atoms. The van der Waals surface area contributed by atoms with Gasteiger partial charge in [-0.15, -0.1) is 0 Å². The number of pyridine rings is 2. The van der Waals surface area contributed by atoms with Crippen LogP contribution in [0.15, 0.2) is 76.2 Å². The van der Waals surface area contributed by atoms with Crippen LogP contribution >= 0.6 is 0 Å². The van der Waals surface area contributed by atoms with E-state index in [1.165, 1.54) is 17.0 Å². The minimum Gasteiger partial charge on any atom is -0.406 e. The molecular formula is C22H13F3N4O2. The Kier molecular flexibility index (Phi) is 4.07. The Labute approximate surface area is 172 Å². The fourth-order valence-corrected chi connectivity index (χ4v) is 3.55. The van der Waals surface area contributed by atoms with Crippen LogP contribution < -0.4 is 11.5 Å². The summed E-state index contributed by atoms with van der Waals surface area (Å²) in [6.45, 7) is 0. The lowest BCUT2D eigenvalue weighted by atomic mass is 10.0. The molecule has 2 N–H and O–H groups in total. The van der Waals surface area contributed by atoms with Gasteiger partial charge in [-0.3, -0.25) is 4.98 Å². The molecule has 31 heavy (non-hydrogen) atoms. The van der Waals surface area contributed by atoms with Crippen molar-refractivity contribution in [1.82, 2.24) is 14.5 Å². The Morgan fingerprint density at radius 1 is 0.935 bits per heavy atom. The minimum absolute atomic E-state index is 0.234. The topological polar surface area (TPSA) is 86.9 Å². The largest absolute Gasteiger partial charge is 0.424 e. The summed E-state index contributed by atoms with van der Waals surface area (Å²) in [7, 11) is 0. The summed E-state index contributed by atoms with van der Waals surface area (Å²) in [4.78, 5) is 20.6. The average Bonchev–Trinajstić information content (AvgIpc) is 3.10. The van der Waals surface area contributed by atoms with E-state index in [1.807, 2.05) is 6.07 Å². The summed E-state index contributed by atoms with van der Waals surface area (Å²) >= 11 is 0. The molecule has 0 unspecified atom stereocenters. The van der Waals surface area contributed by atoms with Gasteiger partial charge in [-0.25, -0.2) is 14.3 Å². The van der Waals surface area contributed by atoms with Crippen LogP contribution in [0.25, 0.3) is 38.8 Å². The lowest BCUT2D eigenvalue weighted by molar-refractivity contribution is -0.137. The van der Waals surface area contributed by atoms with Crippen molar-refractivity contribution < 1.29 is 17.6 Å². The number of hydrogen-bond donors (Lipinski definition) is 1. The highest BCUT2D eigenvalue weighted by molar-refractivity contribution is 6.03. The van der Waals surface area contributed by atoms with Gasteiger partial charge in [0.05, 0.1) is 23.0 Å². The summed E-state index contributed by atoms with van der Waals surface area (Å²) < 4.78 is 46.6. The average molecular weight is 422 g/mol. The molecule has 0 saturated heterocycles. The van der Waals surface area contributed by atoms with Gasteiger partial charge in [-0.05, 0) is 35.9 Å². The van der Waals surface area contributed by atoms with Crippen LogP contribution in [0.2, 0.25) is 0 Å². The molecule has 0 aliphatic carbocycles. The molecule has 2 aromatic carbocycles. The zero-order chi connectivity index (χ0) is 21.8. The molecule has 6 nitrogen and oxygen atoms in total. The molecule has 0 saturated carbocycles. The lowest BCUT2D eigenvalue weighted by Crippen LogP contribution is -2.11. The van der Waals surface area contributed by atoms with Crippen LogP contribution in [0.3, 0.4) is 0 Å². The number of rotatable bonds is 2. The number of anilines is 1. The van der Waals surface area contributed by atoms with Crippen molar-refractivity contribution in [2.24, 2.45) is 0 Å². The molecule has 0 fully saturated rings. The van der Waals surface area contributed by atoms with Crippen molar-refractivity contribution >= 4 is 27.8 Å². The number of nitrogen functional groups attached to an aromatic ring is 1. The van der Waals surface area contributed by atoms with Crippen molar-refractivity contribution in [1.29, 1.82) is 0 Å². The molecule has 3 heterocycles. The first-order chi connectivity index (χ1) is 14.8. The Bertz CT molecular complexity index is 1510. The third-order valence-corrected chi connectivity index (χ3v) is 4.98. The lowest BCUT2D eigenvalue weighted by Gasteiger charge is -2.12. The van der Waals surface area contributed by atoms with Crippen LogP contribution in [0.4, 0.5) is 19.0 Å². The van der Waals surface area contributed by atoms with Gasteiger partial charge in [0.1, 0.15) is 11.3 Å². The number of nitrogens with two attached hydrogens (primary N) is 1. The molecule has 0 radical (unpaired) electrons. The zero-order valence-electron chi connectivity index (χ0n) is 15.7. The monoisotopic (exact) mass is 422 g/mol. The first-order valence-electron chi connectivity index (χ1n) is 9.16. The predicted octanol–water partition coefficient (Wildman–Crippen LogP) is 4.79. The van der Waals surface area contributed by atoms with Crippen LogP contribution in [-0.2, 0) is 6.18 Å². The number of benzene rings is 2. The molecule has 0 spiro atoms. The van der Waals surface area contributed by atoms with Crippen molar-refractivity contribution in [2.75, 3.05) is 5.73 Å². The highest BCUT2D eigenvalue weighted by Gasteiger charge is 2.34. The molecule has 0 amide bonds. The predicted molar refractivity (Wildman–Crippen MR) is 110 cm³/mol. The molecule has 3 aromatic heterocycles. The molecular weight excluding hydrogens is 409 g/mol. The maximum atomic E-state index is 13.3.